The van der Waals surface area contributed by atoms with Gasteiger partial charge in [-0.2, -0.15) is 0 Å². The first-order valence-electron chi connectivity index (χ1n) is 8.74. The standard InChI is InChI=1S/C20H25N3O5/c1-12(2)9-22-19(24)13-6-14(11-21-10-13)20(25)23-15-7-16(26-3)18(28-5)17(8-15)27-4/h6-8,10-12H,9H2,1-5H3,(H,22,24)(H,23,25). The van der Waals surface area contributed by atoms with Crippen molar-refractivity contribution < 1.29 is 23.8 Å². The van der Waals surface area contributed by atoms with Crippen molar-refractivity contribution in [3.05, 3.63) is 41.7 Å². The van der Waals surface area contributed by atoms with Crippen LogP contribution in [0.3, 0.4) is 0 Å². The predicted octanol–water partition coefficient (Wildman–Crippen LogP) is 2.75. The molecule has 0 saturated carbocycles. The highest BCUT2D eigenvalue weighted by Gasteiger charge is 2.16. The number of anilines is 1. The van der Waals surface area contributed by atoms with Crippen molar-refractivity contribution in [1.82, 2.24) is 10.3 Å². The first-order valence-corrected chi connectivity index (χ1v) is 8.74. The molecule has 1 aromatic carbocycles. The Morgan fingerprint density at radius 3 is 2.00 bits per heavy atom. The molecule has 8 nitrogen and oxygen atoms in total. The Morgan fingerprint density at radius 1 is 0.929 bits per heavy atom. The van der Waals surface area contributed by atoms with E-state index in [1.54, 1.807) is 12.1 Å². The van der Waals surface area contributed by atoms with E-state index in [0.717, 1.165) is 0 Å². The number of carbonyl (C=O) groups excluding carboxylic acids is 2. The van der Waals surface area contributed by atoms with E-state index in [0.29, 0.717) is 41.0 Å². The monoisotopic (exact) mass is 387 g/mol. The topological polar surface area (TPSA) is 98.8 Å². The Hall–Kier alpha value is -3.29. The maximum Gasteiger partial charge on any atom is 0.257 e. The molecule has 0 aliphatic rings. The van der Waals surface area contributed by atoms with E-state index in [1.807, 2.05) is 13.8 Å². The number of aromatic nitrogens is 1. The highest BCUT2D eigenvalue weighted by molar-refractivity contribution is 6.06. The molecule has 0 aliphatic heterocycles. The van der Waals surface area contributed by atoms with Gasteiger partial charge in [0.05, 0.1) is 32.5 Å². The predicted molar refractivity (Wildman–Crippen MR) is 105 cm³/mol. The summed E-state index contributed by atoms with van der Waals surface area (Å²) in [6.45, 7) is 4.54. The molecule has 2 N–H and O–H groups in total. The molecule has 1 aromatic heterocycles. The van der Waals surface area contributed by atoms with Gasteiger partial charge >= 0.3 is 0 Å². The molecule has 0 radical (unpaired) electrons. The van der Waals surface area contributed by atoms with E-state index in [2.05, 4.69) is 15.6 Å². The Balaban J connectivity index is 2.21. The lowest BCUT2D eigenvalue weighted by Gasteiger charge is -2.14. The summed E-state index contributed by atoms with van der Waals surface area (Å²) in [6, 6.07) is 4.73. The van der Waals surface area contributed by atoms with Crippen LogP contribution in [0.15, 0.2) is 30.6 Å². The molecule has 2 rings (SSSR count). The van der Waals surface area contributed by atoms with E-state index in [9.17, 15) is 9.59 Å². The van der Waals surface area contributed by atoms with Crippen molar-refractivity contribution in [1.29, 1.82) is 0 Å². The summed E-state index contributed by atoms with van der Waals surface area (Å²) in [7, 11) is 4.48. The normalized spacial score (nSPS) is 10.4. The van der Waals surface area contributed by atoms with Gasteiger partial charge in [0.15, 0.2) is 11.5 Å². The third-order valence-electron chi connectivity index (χ3n) is 3.86. The summed E-state index contributed by atoms with van der Waals surface area (Å²) in [6.07, 6.45) is 2.82. The molecule has 0 spiro atoms. The van der Waals surface area contributed by atoms with Gasteiger partial charge in [0.2, 0.25) is 5.75 Å². The molecular formula is C20H25N3O5. The van der Waals surface area contributed by atoms with Crippen molar-refractivity contribution in [3.63, 3.8) is 0 Å². The molecule has 0 fully saturated rings. The van der Waals surface area contributed by atoms with Crippen LogP contribution in [-0.4, -0.2) is 44.7 Å². The zero-order valence-electron chi connectivity index (χ0n) is 16.7. The van der Waals surface area contributed by atoms with Gasteiger partial charge in [-0.25, -0.2) is 0 Å². The van der Waals surface area contributed by atoms with Crippen LogP contribution in [0, 0.1) is 5.92 Å². The van der Waals surface area contributed by atoms with Gasteiger partial charge in [-0.3, -0.25) is 14.6 Å². The zero-order chi connectivity index (χ0) is 20.7. The number of hydrogen-bond acceptors (Lipinski definition) is 6. The maximum atomic E-state index is 12.6. The van der Waals surface area contributed by atoms with Crippen molar-refractivity contribution in [3.8, 4) is 17.2 Å². The number of pyridine rings is 1. The summed E-state index contributed by atoms with van der Waals surface area (Å²) in [5, 5.41) is 5.55. The van der Waals surface area contributed by atoms with Crippen molar-refractivity contribution in [2.75, 3.05) is 33.2 Å². The minimum absolute atomic E-state index is 0.256. The number of nitrogens with one attached hydrogen (secondary N) is 2. The van der Waals surface area contributed by atoms with Gasteiger partial charge in [-0.05, 0) is 12.0 Å². The van der Waals surface area contributed by atoms with Crippen LogP contribution in [0.25, 0.3) is 0 Å². The van der Waals surface area contributed by atoms with Gasteiger partial charge in [0, 0.05) is 36.8 Å². The number of carbonyl (C=O) groups is 2. The molecule has 0 unspecified atom stereocenters. The molecule has 8 heteroatoms. The van der Waals surface area contributed by atoms with Gasteiger partial charge in [-0.15, -0.1) is 0 Å². The third kappa shape index (κ3) is 5.12. The number of amides is 2. The first kappa shape index (κ1) is 21.0. The summed E-state index contributed by atoms with van der Waals surface area (Å²) < 4.78 is 15.8. The lowest BCUT2D eigenvalue weighted by molar-refractivity contribution is 0.0948. The number of benzene rings is 1. The quantitative estimate of drug-likeness (QED) is 0.723. The number of rotatable bonds is 8. The second kappa shape index (κ2) is 9.59. The number of hydrogen-bond donors (Lipinski definition) is 2. The molecule has 2 aromatic rings. The van der Waals surface area contributed by atoms with E-state index >= 15 is 0 Å². The Labute approximate surface area is 164 Å². The molecule has 0 aliphatic carbocycles. The average molecular weight is 387 g/mol. The van der Waals surface area contributed by atoms with Crippen LogP contribution in [0.5, 0.6) is 17.2 Å². The van der Waals surface area contributed by atoms with E-state index in [-0.39, 0.29) is 11.5 Å². The highest BCUT2D eigenvalue weighted by Crippen LogP contribution is 2.40. The lowest BCUT2D eigenvalue weighted by atomic mass is 10.1. The van der Waals surface area contributed by atoms with Crippen molar-refractivity contribution in [2.24, 2.45) is 5.92 Å². The lowest BCUT2D eigenvalue weighted by Crippen LogP contribution is -2.27. The van der Waals surface area contributed by atoms with Crippen LogP contribution in [-0.2, 0) is 0 Å². The fourth-order valence-electron chi connectivity index (χ4n) is 2.44. The Kier molecular flexibility index (Phi) is 7.20. The molecule has 1 heterocycles. The second-order valence-corrected chi connectivity index (χ2v) is 6.43. The van der Waals surface area contributed by atoms with E-state index < -0.39 is 5.91 Å². The minimum Gasteiger partial charge on any atom is -0.493 e. The van der Waals surface area contributed by atoms with Crippen molar-refractivity contribution in [2.45, 2.75) is 13.8 Å². The maximum absolute atomic E-state index is 12.6. The summed E-state index contributed by atoms with van der Waals surface area (Å²) in [4.78, 5) is 28.8. The van der Waals surface area contributed by atoms with Crippen LogP contribution in [0.4, 0.5) is 5.69 Å². The van der Waals surface area contributed by atoms with Gasteiger partial charge < -0.3 is 24.8 Å². The highest BCUT2D eigenvalue weighted by atomic mass is 16.5. The zero-order valence-corrected chi connectivity index (χ0v) is 16.7. The van der Waals surface area contributed by atoms with Gasteiger partial charge in [0.25, 0.3) is 11.8 Å². The Bertz CT molecular complexity index is 826. The molecule has 0 bridgehead atoms. The number of methoxy groups -OCH3 is 3. The van der Waals surface area contributed by atoms with E-state index in [4.69, 9.17) is 14.2 Å². The SMILES string of the molecule is COc1cc(NC(=O)c2cncc(C(=O)NCC(C)C)c2)cc(OC)c1OC. The smallest absolute Gasteiger partial charge is 0.257 e. The molecule has 150 valence electrons. The molecule has 2 amide bonds. The summed E-state index contributed by atoms with van der Waals surface area (Å²) >= 11 is 0. The fourth-order valence-corrected chi connectivity index (χ4v) is 2.44. The van der Waals surface area contributed by atoms with Crippen molar-refractivity contribution >= 4 is 17.5 Å². The largest absolute Gasteiger partial charge is 0.493 e. The minimum atomic E-state index is -0.416. The third-order valence-corrected chi connectivity index (χ3v) is 3.86. The molecular weight excluding hydrogens is 362 g/mol. The average Bonchev–Trinajstić information content (AvgIpc) is 2.71. The van der Waals surface area contributed by atoms with E-state index in [1.165, 1.54) is 39.8 Å². The molecule has 0 saturated heterocycles. The second-order valence-electron chi connectivity index (χ2n) is 6.43. The summed E-state index contributed by atoms with van der Waals surface area (Å²) in [5.41, 5.74) is 1.03. The van der Waals surface area contributed by atoms with Crippen LogP contribution in [0.1, 0.15) is 34.6 Å². The van der Waals surface area contributed by atoms with Gasteiger partial charge in [-0.1, -0.05) is 13.8 Å². The molecule has 0 atom stereocenters. The fraction of sp³-hybridized carbons (Fsp3) is 0.350. The number of ether oxygens (including phenoxy) is 3. The number of nitrogens with zero attached hydrogens (tertiary/aromatic N) is 1. The van der Waals surface area contributed by atoms with Crippen LogP contribution < -0.4 is 24.8 Å². The Morgan fingerprint density at radius 2 is 1.50 bits per heavy atom. The van der Waals surface area contributed by atoms with Crippen LogP contribution in [0.2, 0.25) is 0 Å². The summed E-state index contributed by atoms with van der Waals surface area (Å²) in [5.74, 6) is 0.884. The van der Waals surface area contributed by atoms with Crippen LogP contribution >= 0.6 is 0 Å². The molecule has 28 heavy (non-hydrogen) atoms. The van der Waals surface area contributed by atoms with Gasteiger partial charge in [0.1, 0.15) is 0 Å². The first-order chi connectivity index (χ1) is 13.4.